The van der Waals surface area contributed by atoms with Crippen LogP contribution >= 0.6 is 0 Å². The SMILES string of the molecule is Cc1ccc(CCNC(=O)[C@@H]2CC(=O)OC23CCCCC3)cc1. The quantitative estimate of drug-likeness (QED) is 0.869. The molecule has 0 radical (unpaired) electrons. The Hall–Kier alpha value is -1.84. The monoisotopic (exact) mass is 315 g/mol. The first kappa shape index (κ1) is 16.0. The van der Waals surface area contributed by atoms with E-state index in [1.165, 1.54) is 17.5 Å². The van der Waals surface area contributed by atoms with E-state index in [4.69, 9.17) is 4.74 Å². The van der Waals surface area contributed by atoms with Crippen molar-refractivity contribution < 1.29 is 14.3 Å². The number of nitrogens with one attached hydrogen (secondary N) is 1. The molecule has 1 aromatic rings. The molecule has 4 nitrogen and oxygen atoms in total. The number of hydrogen-bond acceptors (Lipinski definition) is 3. The molecule has 1 aliphatic carbocycles. The minimum Gasteiger partial charge on any atom is -0.458 e. The molecule has 4 heteroatoms. The van der Waals surface area contributed by atoms with Crippen LogP contribution in [0.1, 0.15) is 49.7 Å². The number of amides is 1. The lowest BCUT2D eigenvalue weighted by Gasteiger charge is -2.36. The van der Waals surface area contributed by atoms with Crippen LogP contribution in [-0.4, -0.2) is 24.0 Å². The van der Waals surface area contributed by atoms with Crippen LogP contribution < -0.4 is 5.32 Å². The number of aryl methyl sites for hydroxylation is 1. The average Bonchev–Trinajstić information content (AvgIpc) is 2.86. The van der Waals surface area contributed by atoms with Crippen molar-refractivity contribution in [2.75, 3.05) is 6.54 Å². The highest BCUT2D eigenvalue weighted by molar-refractivity contribution is 5.87. The van der Waals surface area contributed by atoms with E-state index in [0.29, 0.717) is 6.54 Å². The van der Waals surface area contributed by atoms with Gasteiger partial charge in [-0.2, -0.15) is 0 Å². The molecule has 1 saturated heterocycles. The molecule has 3 rings (SSSR count). The summed E-state index contributed by atoms with van der Waals surface area (Å²) < 4.78 is 5.60. The van der Waals surface area contributed by atoms with Crippen molar-refractivity contribution in [2.45, 2.75) is 57.5 Å². The Balaban J connectivity index is 1.56. The van der Waals surface area contributed by atoms with Gasteiger partial charge in [-0.3, -0.25) is 9.59 Å². The van der Waals surface area contributed by atoms with E-state index in [1.807, 2.05) is 0 Å². The van der Waals surface area contributed by atoms with E-state index in [-0.39, 0.29) is 24.2 Å². The Morgan fingerprint density at radius 1 is 1.22 bits per heavy atom. The maximum atomic E-state index is 12.6. The zero-order valence-corrected chi connectivity index (χ0v) is 13.8. The van der Waals surface area contributed by atoms with Gasteiger partial charge in [0.05, 0.1) is 12.3 Å². The van der Waals surface area contributed by atoms with Crippen molar-refractivity contribution >= 4 is 11.9 Å². The van der Waals surface area contributed by atoms with E-state index in [0.717, 1.165) is 32.1 Å². The largest absolute Gasteiger partial charge is 0.458 e. The van der Waals surface area contributed by atoms with E-state index >= 15 is 0 Å². The van der Waals surface area contributed by atoms with E-state index < -0.39 is 5.60 Å². The summed E-state index contributed by atoms with van der Waals surface area (Å²) in [5.41, 5.74) is 1.92. The molecule has 23 heavy (non-hydrogen) atoms. The first-order valence-corrected chi connectivity index (χ1v) is 8.64. The van der Waals surface area contributed by atoms with Crippen LogP contribution in [0.5, 0.6) is 0 Å². The van der Waals surface area contributed by atoms with Crippen molar-refractivity contribution in [3.8, 4) is 0 Å². The second-order valence-corrected chi connectivity index (χ2v) is 6.88. The zero-order chi connectivity index (χ0) is 16.3. The minimum atomic E-state index is -0.525. The van der Waals surface area contributed by atoms with Crippen molar-refractivity contribution in [3.63, 3.8) is 0 Å². The summed E-state index contributed by atoms with van der Waals surface area (Å²) in [6, 6.07) is 8.34. The fourth-order valence-corrected chi connectivity index (χ4v) is 3.83. The molecule has 1 saturated carbocycles. The third kappa shape index (κ3) is 3.57. The first-order chi connectivity index (χ1) is 11.1. The van der Waals surface area contributed by atoms with Gasteiger partial charge in [-0.15, -0.1) is 0 Å². The number of carbonyl (C=O) groups excluding carboxylic acids is 2. The highest BCUT2D eigenvalue weighted by Crippen LogP contribution is 2.44. The van der Waals surface area contributed by atoms with Crippen molar-refractivity contribution in [2.24, 2.45) is 5.92 Å². The molecular formula is C19H25NO3. The molecule has 2 aliphatic rings. The Labute approximate surface area is 137 Å². The maximum Gasteiger partial charge on any atom is 0.307 e. The number of hydrogen-bond donors (Lipinski definition) is 1. The van der Waals surface area contributed by atoms with Crippen LogP contribution in [0.4, 0.5) is 0 Å². The Kier molecular flexibility index (Phi) is 4.69. The highest BCUT2D eigenvalue weighted by atomic mass is 16.6. The van der Waals surface area contributed by atoms with Crippen LogP contribution in [0.3, 0.4) is 0 Å². The van der Waals surface area contributed by atoms with E-state index in [9.17, 15) is 9.59 Å². The van der Waals surface area contributed by atoms with E-state index in [2.05, 4.69) is 36.5 Å². The summed E-state index contributed by atoms with van der Waals surface area (Å²) in [6.45, 7) is 2.66. The molecule has 0 bridgehead atoms. The molecule has 1 aliphatic heterocycles. The summed E-state index contributed by atoms with van der Waals surface area (Å²) in [6.07, 6.45) is 5.95. The minimum absolute atomic E-state index is 0.0233. The van der Waals surface area contributed by atoms with Gasteiger partial charge < -0.3 is 10.1 Å². The Bertz CT molecular complexity index is 573. The third-order valence-corrected chi connectivity index (χ3v) is 5.17. The number of carbonyl (C=O) groups is 2. The highest BCUT2D eigenvalue weighted by Gasteiger charge is 2.52. The van der Waals surface area contributed by atoms with Gasteiger partial charge in [0.25, 0.3) is 0 Å². The smallest absolute Gasteiger partial charge is 0.307 e. The predicted octanol–water partition coefficient (Wildman–Crippen LogP) is 2.92. The summed E-state index contributed by atoms with van der Waals surface area (Å²) in [5.74, 6) is -0.552. The lowest BCUT2D eigenvalue weighted by molar-refractivity contribution is -0.153. The van der Waals surface area contributed by atoms with Gasteiger partial charge in [-0.05, 0) is 44.6 Å². The molecular weight excluding hydrogens is 290 g/mol. The number of ether oxygens (including phenoxy) is 1. The molecule has 1 aromatic carbocycles. The molecule has 1 spiro atoms. The second-order valence-electron chi connectivity index (χ2n) is 6.88. The molecule has 1 heterocycles. The van der Waals surface area contributed by atoms with Gasteiger partial charge in [0.2, 0.25) is 5.91 Å². The van der Waals surface area contributed by atoms with Crippen molar-refractivity contribution in [3.05, 3.63) is 35.4 Å². The Morgan fingerprint density at radius 3 is 2.61 bits per heavy atom. The third-order valence-electron chi connectivity index (χ3n) is 5.17. The molecule has 2 fully saturated rings. The van der Waals surface area contributed by atoms with Gasteiger partial charge in [0, 0.05) is 6.54 Å². The average molecular weight is 315 g/mol. The molecule has 1 atom stereocenters. The van der Waals surface area contributed by atoms with Crippen molar-refractivity contribution in [1.29, 1.82) is 0 Å². The summed E-state index contributed by atoms with van der Waals surface area (Å²) in [5, 5.41) is 3.01. The fourth-order valence-electron chi connectivity index (χ4n) is 3.83. The lowest BCUT2D eigenvalue weighted by atomic mass is 9.75. The van der Waals surface area contributed by atoms with Crippen LogP contribution in [0.2, 0.25) is 0 Å². The normalized spacial score (nSPS) is 22.8. The van der Waals surface area contributed by atoms with Gasteiger partial charge in [0.1, 0.15) is 5.60 Å². The molecule has 1 amide bonds. The summed E-state index contributed by atoms with van der Waals surface area (Å²) >= 11 is 0. The van der Waals surface area contributed by atoms with Crippen LogP contribution in [0, 0.1) is 12.8 Å². The summed E-state index contributed by atoms with van der Waals surface area (Å²) in [4.78, 5) is 24.3. The molecule has 1 N–H and O–H groups in total. The zero-order valence-electron chi connectivity index (χ0n) is 13.8. The van der Waals surface area contributed by atoms with Crippen LogP contribution in [-0.2, 0) is 20.7 Å². The number of rotatable bonds is 4. The topological polar surface area (TPSA) is 55.4 Å². The van der Waals surface area contributed by atoms with Gasteiger partial charge in [-0.25, -0.2) is 0 Å². The fraction of sp³-hybridized carbons (Fsp3) is 0.579. The van der Waals surface area contributed by atoms with Gasteiger partial charge >= 0.3 is 5.97 Å². The lowest BCUT2D eigenvalue weighted by Crippen LogP contribution is -2.46. The molecule has 0 unspecified atom stereocenters. The standard InChI is InChI=1S/C19H25NO3/c1-14-5-7-15(8-6-14)9-12-20-18(22)16-13-17(21)23-19(16)10-3-2-4-11-19/h5-8,16H,2-4,9-13H2,1H3,(H,20,22)/t16-/m0/s1. The maximum absolute atomic E-state index is 12.6. The number of esters is 1. The van der Waals surface area contributed by atoms with Crippen molar-refractivity contribution in [1.82, 2.24) is 5.32 Å². The predicted molar refractivity (Wildman–Crippen MR) is 87.9 cm³/mol. The second kappa shape index (κ2) is 6.73. The summed E-state index contributed by atoms with van der Waals surface area (Å²) in [7, 11) is 0. The van der Waals surface area contributed by atoms with E-state index in [1.54, 1.807) is 0 Å². The first-order valence-electron chi connectivity index (χ1n) is 8.64. The number of benzene rings is 1. The van der Waals surface area contributed by atoms with Crippen LogP contribution in [0.15, 0.2) is 24.3 Å². The van der Waals surface area contributed by atoms with Gasteiger partial charge in [-0.1, -0.05) is 36.2 Å². The molecule has 0 aromatic heterocycles. The van der Waals surface area contributed by atoms with Gasteiger partial charge in [0.15, 0.2) is 0 Å². The van der Waals surface area contributed by atoms with Crippen LogP contribution in [0.25, 0.3) is 0 Å². The Morgan fingerprint density at radius 2 is 1.91 bits per heavy atom. The molecule has 124 valence electrons.